The maximum Gasteiger partial charge on any atom is 0.258 e. The number of halogens is 3. The minimum atomic E-state index is -0.130. The van der Waals surface area contributed by atoms with Gasteiger partial charge in [0.25, 0.3) is 11.5 Å². The van der Waals surface area contributed by atoms with Crippen molar-refractivity contribution in [3.8, 4) is 0 Å². The number of carbonyl (C=O) groups is 2. The zero-order chi connectivity index (χ0) is 23.9. The van der Waals surface area contributed by atoms with Crippen molar-refractivity contribution >= 4 is 68.6 Å². The predicted octanol–water partition coefficient (Wildman–Crippen LogP) is 4.17. The highest BCUT2D eigenvalue weighted by Gasteiger charge is 2.34. The smallest absolute Gasteiger partial charge is 0.258 e. The van der Waals surface area contributed by atoms with Gasteiger partial charge in [-0.2, -0.15) is 0 Å². The van der Waals surface area contributed by atoms with Gasteiger partial charge in [0, 0.05) is 43.3 Å². The van der Waals surface area contributed by atoms with Gasteiger partial charge >= 0.3 is 0 Å². The summed E-state index contributed by atoms with van der Waals surface area (Å²) in [5, 5.41) is 2.87. The molecule has 10 heteroatoms. The van der Waals surface area contributed by atoms with E-state index in [1.54, 1.807) is 16.5 Å². The number of nitrogens with one attached hydrogen (secondary N) is 1. The summed E-state index contributed by atoms with van der Waals surface area (Å²) in [7, 11) is 1.65. The summed E-state index contributed by atoms with van der Waals surface area (Å²) in [6, 6.07) is 5.47. The number of benzene rings is 1. The summed E-state index contributed by atoms with van der Waals surface area (Å²) in [5.74, 6) is -0.0378. The third-order valence-corrected chi connectivity index (χ3v) is 9.84. The zero-order valence-electron chi connectivity index (χ0n) is 18.4. The average molecular weight is 695 g/mol. The SMILES string of the molecule is CNC(=O)[C@H]1CC[C@@H](n2c(Cl)nc3c(c2=O)C[C@@H](C)N(C(=O)c2ccc(I)c(I)c2)C3)CC1. The second-order valence-electron chi connectivity index (χ2n) is 8.72. The van der Waals surface area contributed by atoms with E-state index in [4.69, 9.17) is 11.6 Å². The highest BCUT2D eigenvalue weighted by Crippen LogP contribution is 2.34. The van der Waals surface area contributed by atoms with Gasteiger partial charge in [0.1, 0.15) is 0 Å². The van der Waals surface area contributed by atoms with Crippen LogP contribution in [0, 0.1) is 13.1 Å². The minimum Gasteiger partial charge on any atom is -0.359 e. The highest BCUT2D eigenvalue weighted by molar-refractivity contribution is 14.1. The van der Waals surface area contributed by atoms with Crippen LogP contribution < -0.4 is 10.9 Å². The Morgan fingerprint density at radius 1 is 1.15 bits per heavy atom. The molecule has 1 aliphatic heterocycles. The summed E-state index contributed by atoms with van der Waals surface area (Å²) in [5.41, 5.74) is 1.73. The van der Waals surface area contributed by atoms with Crippen LogP contribution in [-0.4, -0.2) is 39.4 Å². The molecule has 2 aliphatic rings. The van der Waals surface area contributed by atoms with Gasteiger partial charge < -0.3 is 10.2 Å². The van der Waals surface area contributed by atoms with Crippen molar-refractivity contribution in [2.75, 3.05) is 7.05 Å². The van der Waals surface area contributed by atoms with Gasteiger partial charge in [-0.1, -0.05) is 0 Å². The third kappa shape index (κ3) is 4.95. The third-order valence-electron chi connectivity index (χ3n) is 6.71. The lowest BCUT2D eigenvalue weighted by molar-refractivity contribution is -0.125. The van der Waals surface area contributed by atoms with Crippen molar-refractivity contribution in [2.24, 2.45) is 5.92 Å². The first-order valence-electron chi connectivity index (χ1n) is 11.0. The molecule has 0 unspecified atom stereocenters. The number of fused-ring (bicyclic) bond motifs is 1. The number of amides is 2. The molecule has 2 aromatic rings. The summed E-state index contributed by atoms with van der Waals surface area (Å²) in [4.78, 5) is 44.9. The monoisotopic (exact) mass is 694 g/mol. The standard InChI is InChI=1S/C23H25ClI2N4O3/c1-12-9-16-19(11-29(12)21(32)14-5-8-17(25)18(26)10-14)28-23(24)30(22(16)33)15-6-3-13(4-7-15)20(31)27-2/h5,8,10,12-13,15H,3-4,6-7,9,11H2,1-2H3,(H,27,31)/t12-,13-,15+/m1/s1. The van der Waals surface area contributed by atoms with E-state index in [9.17, 15) is 14.4 Å². The maximum atomic E-state index is 13.4. The van der Waals surface area contributed by atoms with Gasteiger partial charge in [0.2, 0.25) is 11.2 Å². The van der Waals surface area contributed by atoms with Gasteiger partial charge in [-0.25, -0.2) is 4.98 Å². The number of hydrogen-bond donors (Lipinski definition) is 1. The van der Waals surface area contributed by atoms with Crippen molar-refractivity contribution in [1.82, 2.24) is 19.8 Å². The lowest BCUT2D eigenvalue weighted by Crippen LogP contribution is -2.46. The second kappa shape index (κ2) is 10.2. The highest BCUT2D eigenvalue weighted by atomic mass is 127. The van der Waals surface area contributed by atoms with Crippen LogP contribution in [0.1, 0.15) is 60.3 Å². The van der Waals surface area contributed by atoms with Gasteiger partial charge in [0.05, 0.1) is 12.2 Å². The Hall–Kier alpha value is -1.21. The molecular formula is C23H25ClI2N4O3. The van der Waals surface area contributed by atoms with Crippen molar-refractivity contribution < 1.29 is 9.59 Å². The Kier molecular flexibility index (Phi) is 7.69. The fraction of sp³-hybridized carbons (Fsp3) is 0.478. The normalized spacial score (nSPS) is 22.6. The largest absolute Gasteiger partial charge is 0.359 e. The van der Waals surface area contributed by atoms with Gasteiger partial charge in [0.15, 0.2) is 0 Å². The molecule has 0 spiro atoms. The topological polar surface area (TPSA) is 84.3 Å². The predicted molar refractivity (Wildman–Crippen MR) is 143 cm³/mol. The number of hydrogen-bond acceptors (Lipinski definition) is 4. The van der Waals surface area contributed by atoms with Crippen LogP contribution in [0.5, 0.6) is 0 Å². The molecule has 1 atom stereocenters. The lowest BCUT2D eigenvalue weighted by Gasteiger charge is -2.35. The molecule has 1 N–H and O–H groups in total. The van der Waals surface area contributed by atoms with Crippen LogP contribution in [0.2, 0.25) is 5.28 Å². The molecule has 0 radical (unpaired) electrons. The molecule has 0 saturated heterocycles. The fourth-order valence-corrected chi connectivity index (χ4v) is 6.00. The van der Waals surface area contributed by atoms with Crippen LogP contribution in [0.4, 0.5) is 0 Å². The van der Waals surface area contributed by atoms with Gasteiger partial charge in [-0.05, 0) is 114 Å². The van der Waals surface area contributed by atoms with Crippen LogP contribution >= 0.6 is 56.8 Å². The average Bonchev–Trinajstić information content (AvgIpc) is 2.80. The summed E-state index contributed by atoms with van der Waals surface area (Å²) < 4.78 is 3.73. The summed E-state index contributed by atoms with van der Waals surface area (Å²) in [6.07, 6.45) is 3.31. The molecule has 2 amide bonds. The quantitative estimate of drug-likeness (QED) is 0.387. The van der Waals surface area contributed by atoms with E-state index >= 15 is 0 Å². The molecule has 33 heavy (non-hydrogen) atoms. The molecule has 1 fully saturated rings. The van der Waals surface area contributed by atoms with Crippen LogP contribution in [0.3, 0.4) is 0 Å². The molecule has 176 valence electrons. The van der Waals surface area contributed by atoms with Crippen LogP contribution in [0.15, 0.2) is 23.0 Å². The molecule has 0 bridgehead atoms. The molecular weight excluding hydrogens is 670 g/mol. The van der Waals surface area contributed by atoms with E-state index < -0.39 is 0 Å². The number of nitrogens with zero attached hydrogens (tertiary/aromatic N) is 3. The molecule has 1 aromatic heterocycles. The Bertz CT molecular complexity index is 1160. The van der Waals surface area contributed by atoms with Crippen LogP contribution in [0.25, 0.3) is 0 Å². The van der Waals surface area contributed by atoms with Gasteiger partial charge in [-0.15, -0.1) is 0 Å². The fourth-order valence-electron chi connectivity index (χ4n) is 4.83. The Morgan fingerprint density at radius 3 is 2.48 bits per heavy atom. The first-order chi connectivity index (χ1) is 15.7. The molecule has 7 nitrogen and oxygen atoms in total. The molecule has 4 rings (SSSR count). The van der Waals surface area contributed by atoms with E-state index in [-0.39, 0.29) is 47.2 Å². The first-order valence-corrected chi connectivity index (χ1v) is 13.5. The van der Waals surface area contributed by atoms with E-state index in [2.05, 4.69) is 55.5 Å². The molecule has 1 saturated carbocycles. The van der Waals surface area contributed by atoms with Gasteiger partial charge in [-0.3, -0.25) is 19.0 Å². The Morgan fingerprint density at radius 2 is 1.85 bits per heavy atom. The number of rotatable bonds is 3. The zero-order valence-corrected chi connectivity index (χ0v) is 23.5. The van der Waals surface area contributed by atoms with Crippen molar-refractivity contribution in [3.05, 3.63) is 57.8 Å². The van der Waals surface area contributed by atoms with E-state index in [0.29, 0.717) is 36.1 Å². The van der Waals surface area contributed by atoms with E-state index in [0.717, 1.165) is 20.0 Å². The molecule has 1 aliphatic carbocycles. The minimum absolute atomic E-state index is 0.0183. The lowest BCUT2D eigenvalue weighted by atomic mass is 9.85. The number of aromatic nitrogens is 2. The first kappa shape index (κ1) is 24.9. The Labute approximate surface area is 224 Å². The number of carbonyl (C=O) groups excluding carboxylic acids is 2. The van der Waals surface area contributed by atoms with Crippen molar-refractivity contribution in [2.45, 2.75) is 57.7 Å². The Balaban J connectivity index is 1.58. The van der Waals surface area contributed by atoms with Crippen molar-refractivity contribution in [1.29, 1.82) is 0 Å². The molecule has 2 heterocycles. The van der Waals surface area contributed by atoms with Crippen LogP contribution in [-0.2, 0) is 17.8 Å². The second-order valence-corrected chi connectivity index (χ2v) is 11.4. The van der Waals surface area contributed by atoms with E-state index in [1.807, 2.05) is 25.1 Å². The summed E-state index contributed by atoms with van der Waals surface area (Å²) in [6.45, 7) is 2.22. The van der Waals surface area contributed by atoms with E-state index in [1.165, 1.54) is 0 Å². The molecule has 1 aromatic carbocycles. The maximum absolute atomic E-state index is 13.4. The van der Waals surface area contributed by atoms with Crippen molar-refractivity contribution in [3.63, 3.8) is 0 Å². The summed E-state index contributed by atoms with van der Waals surface area (Å²) >= 11 is 11.0.